The SMILES string of the molecule is O=S(=O)(O[C@H]1[C@H](O[C@H]2[C@H](O)[C@@H](O)[C@H](O)O[C@@H]2CO)O[C@H](CO)[C@H](O)[C@@H]1O)c1ccccc1. The summed E-state index contributed by atoms with van der Waals surface area (Å²) in [5.41, 5.74) is 0. The average Bonchev–Trinajstić information content (AvgIpc) is 2.79. The van der Waals surface area contributed by atoms with Gasteiger partial charge in [-0.25, -0.2) is 0 Å². The molecule has 0 aromatic heterocycles. The van der Waals surface area contributed by atoms with Gasteiger partial charge >= 0.3 is 0 Å². The van der Waals surface area contributed by atoms with Crippen LogP contribution in [0.2, 0.25) is 0 Å². The molecule has 0 saturated carbocycles. The van der Waals surface area contributed by atoms with Crippen LogP contribution in [-0.4, -0.2) is 119 Å². The minimum absolute atomic E-state index is 0.266. The van der Waals surface area contributed by atoms with Crippen LogP contribution in [0.5, 0.6) is 0 Å². The summed E-state index contributed by atoms with van der Waals surface area (Å²) in [6, 6.07) is 6.89. The number of hydrogen-bond acceptors (Lipinski definition) is 13. The number of aliphatic hydroxyl groups excluding tert-OH is 7. The fraction of sp³-hybridized carbons (Fsp3) is 0.667. The van der Waals surface area contributed by atoms with Crippen molar-refractivity contribution in [2.24, 2.45) is 0 Å². The van der Waals surface area contributed by atoms with E-state index in [2.05, 4.69) is 0 Å². The molecule has 10 atom stereocenters. The van der Waals surface area contributed by atoms with Gasteiger partial charge in [-0.3, -0.25) is 4.18 Å². The Morgan fingerprint density at radius 1 is 0.781 bits per heavy atom. The van der Waals surface area contributed by atoms with Crippen molar-refractivity contribution in [3.8, 4) is 0 Å². The topological polar surface area (TPSA) is 213 Å². The summed E-state index contributed by atoms with van der Waals surface area (Å²) in [5, 5.41) is 69.4. The number of hydrogen-bond donors (Lipinski definition) is 7. The highest BCUT2D eigenvalue weighted by atomic mass is 32.2. The zero-order valence-corrected chi connectivity index (χ0v) is 17.4. The highest BCUT2D eigenvalue weighted by Crippen LogP contribution is 2.31. The van der Waals surface area contributed by atoms with Crippen molar-refractivity contribution in [1.82, 2.24) is 0 Å². The summed E-state index contributed by atoms with van der Waals surface area (Å²) >= 11 is 0. The third kappa shape index (κ3) is 5.11. The lowest BCUT2D eigenvalue weighted by atomic mass is 9.97. The van der Waals surface area contributed by atoms with E-state index in [0.29, 0.717) is 0 Å². The molecular weight excluding hydrogens is 456 g/mol. The largest absolute Gasteiger partial charge is 0.394 e. The number of ether oxygens (including phenoxy) is 3. The van der Waals surface area contributed by atoms with E-state index < -0.39 is 84.7 Å². The Labute approximate surface area is 183 Å². The van der Waals surface area contributed by atoms with Crippen LogP contribution < -0.4 is 0 Å². The second-order valence-corrected chi connectivity index (χ2v) is 8.94. The van der Waals surface area contributed by atoms with Crippen LogP contribution in [0, 0.1) is 0 Å². The van der Waals surface area contributed by atoms with Gasteiger partial charge in [-0.15, -0.1) is 0 Å². The molecule has 2 aliphatic heterocycles. The Hall–Kier alpha value is -1.27. The molecule has 2 aliphatic rings. The number of aliphatic hydroxyl groups is 7. The normalized spacial score (nSPS) is 40.8. The van der Waals surface area contributed by atoms with E-state index in [9.17, 15) is 44.2 Å². The molecule has 182 valence electrons. The fourth-order valence-electron chi connectivity index (χ4n) is 3.45. The van der Waals surface area contributed by atoms with Crippen molar-refractivity contribution in [3.63, 3.8) is 0 Å². The predicted molar refractivity (Wildman–Crippen MR) is 101 cm³/mol. The first-order valence-corrected chi connectivity index (χ1v) is 11.1. The van der Waals surface area contributed by atoms with Gasteiger partial charge in [-0.1, -0.05) is 18.2 Å². The molecule has 0 spiro atoms. The van der Waals surface area contributed by atoms with Gasteiger partial charge in [0.25, 0.3) is 10.1 Å². The second-order valence-electron chi connectivity index (χ2n) is 7.36. The van der Waals surface area contributed by atoms with Crippen molar-refractivity contribution >= 4 is 10.1 Å². The lowest BCUT2D eigenvalue weighted by Gasteiger charge is -2.45. The maximum absolute atomic E-state index is 12.7. The van der Waals surface area contributed by atoms with Crippen molar-refractivity contribution in [2.45, 2.75) is 66.3 Å². The zero-order valence-electron chi connectivity index (χ0n) is 16.6. The molecule has 14 heteroatoms. The summed E-state index contributed by atoms with van der Waals surface area (Å²) in [4.78, 5) is -0.266. The minimum Gasteiger partial charge on any atom is -0.394 e. The summed E-state index contributed by atoms with van der Waals surface area (Å²) < 4.78 is 46.2. The molecule has 0 unspecified atom stereocenters. The molecule has 2 fully saturated rings. The number of benzene rings is 1. The first-order chi connectivity index (χ1) is 15.1. The highest BCUT2D eigenvalue weighted by molar-refractivity contribution is 7.86. The van der Waals surface area contributed by atoms with E-state index >= 15 is 0 Å². The van der Waals surface area contributed by atoms with Crippen molar-refractivity contribution in [1.29, 1.82) is 0 Å². The molecule has 2 heterocycles. The van der Waals surface area contributed by atoms with Gasteiger partial charge < -0.3 is 50.0 Å². The molecule has 2 saturated heterocycles. The standard InChI is InChI=1S/C18H26O13S/c19-6-9-11(21)12(22)16(31-32(26,27)8-4-2-1-3-5-8)18(29-9)30-15-10(7-20)28-17(25)14(24)13(15)23/h1-5,9-25H,6-7H2/t9-,10-,11+,12+,13-,14-,15-,16-,17-,18+/m1/s1. The van der Waals surface area contributed by atoms with Gasteiger partial charge in [0.1, 0.15) is 42.7 Å². The molecule has 0 bridgehead atoms. The molecule has 1 aromatic rings. The van der Waals surface area contributed by atoms with Crippen LogP contribution >= 0.6 is 0 Å². The minimum atomic E-state index is -4.49. The lowest BCUT2D eigenvalue weighted by Crippen LogP contribution is -2.65. The van der Waals surface area contributed by atoms with E-state index in [4.69, 9.17) is 18.4 Å². The summed E-state index contributed by atoms with van der Waals surface area (Å²) in [7, 11) is -4.49. The van der Waals surface area contributed by atoms with Gasteiger partial charge in [0.05, 0.1) is 18.1 Å². The molecule has 3 rings (SSSR count). The van der Waals surface area contributed by atoms with Crippen LogP contribution in [0.15, 0.2) is 35.2 Å². The van der Waals surface area contributed by atoms with Crippen molar-refractivity contribution < 1.29 is 62.6 Å². The monoisotopic (exact) mass is 482 g/mol. The molecule has 0 aliphatic carbocycles. The smallest absolute Gasteiger partial charge is 0.297 e. The van der Waals surface area contributed by atoms with E-state index in [1.165, 1.54) is 24.3 Å². The Balaban J connectivity index is 1.89. The predicted octanol–water partition coefficient (Wildman–Crippen LogP) is -3.98. The van der Waals surface area contributed by atoms with E-state index in [1.807, 2.05) is 0 Å². The fourth-order valence-corrected chi connectivity index (χ4v) is 4.55. The molecule has 7 N–H and O–H groups in total. The summed E-state index contributed by atoms with van der Waals surface area (Å²) in [6.45, 7) is -1.56. The highest BCUT2D eigenvalue weighted by Gasteiger charge is 2.52. The van der Waals surface area contributed by atoms with E-state index in [-0.39, 0.29) is 4.90 Å². The maximum Gasteiger partial charge on any atom is 0.297 e. The molecule has 0 radical (unpaired) electrons. The van der Waals surface area contributed by atoms with Gasteiger partial charge in [-0.2, -0.15) is 8.42 Å². The third-order valence-corrected chi connectivity index (χ3v) is 6.55. The van der Waals surface area contributed by atoms with E-state index in [0.717, 1.165) is 0 Å². The number of rotatable bonds is 7. The maximum atomic E-state index is 12.7. The zero-order chi connectivity index (χ0) is 23.6. The van der Waals surface area contributed by atoms with Crippen LogP contribution in [0.25, 0.3) is 0 Å². The van der Waals surface area contributed by atoms with Crippen molar-refractivity contribution in [3.05, 3.63) is 30.3 Å². The van der Waals surface area contributed by atoms with Gasteiger partial charge in [0.15, 0.2) is 18.7 Å². The molecule has 32 heavy (non-hydrogen) atoms. The first-order valence-electron chi connectivity index (χ1n) is 9.67. The molecular formula is C18H26O13S. The third-order valence-electron chi connectivity index (χ3n) is 5.22. The Bertz CT molecular complexity index is 835. The quantitative estimate of drug-likeness (QED) is 0.185. The average molecular weight is 482 g/mol. The van der Waals surface area contributed by atoms with Crippen LogP contribution in [0.3, 0.4) is 0 Å². The second kappa shape index (κ2) is 10.3. The molecule has 0 amide bonds. The van der Waals surface area contributed by atoms with Crippen LogP contribution in [-0.2, 0) is 28.5 Å². The van der Waals surface area contributed by atoms with Crippen molar-refractivity contribution in [2.75, 3.05) is 13.2 Å². The lowest BCUT2D eigenvalue weighted by molar-refractivity contribution is -0.352. The summed E-state index contributed by atoms with van der Waals surface area (Å²) in [6.07, 6.45) is -17.2. The Morgan fingerprint density at radius 2 is 1.38 bits per heavy atom. The Morgan fingerprint density at radius 3 is 1.97 bits per heavy atom. The Kier molecular flexibility index (Phi) is 8.19. The first kappa shape index (κ1) is 25.4. The van der Waals surface area contributed by atoms with Gasteiger partial charge in [0, 0.05) is 0 Å². The molecule has 1 aromatic carbocycles. The van der Waals surface area contributed by atoms with Gasteiger partial charge in [-0.05, 0) is 12.1 Å². The molecule has 13 nitrogen and oxygen atoms in total. The van der Waals surface area contributed by atoms with E-state index in [1.54, 1.807) is 6.07 Å². The summed E-state index contributed by atoms with van der Waals surface area (Å²) in [5.74, 6) is 0. The van der Waals surface area contributed by atoms with Crippen LogP contribution in [0.4, 0.5) is 0 Å². The van der Waals surface area contributed by atoms with Crippen LogP contribution in [0.1, 0.15) is 0 Å². The van der Waals surface area contributed by atoms with Gasteiger partial charge in [0.2, 0.25) is 0 Å².